The van der Waals surface area contributed by atoms with Crippen LogP contribution in [0, 0.1) is 0 Å². The molecule has 0 unspecified atom stereocenters. The van der Waals surface area contributed by atoms with Crippen molar-refractivity contribution in [3.8, 4) is 0 Å². The Labute approximate surface area is 109 Å². The first-order valence-electron chi connectivity index (χ1n) is 6.11. The molecule has 0 N–H and O–H groups in total. The predicted molar refractivity (Wildman–Crippen MR) is 77.8 cm³/mol. The van der Waals surface area contributed by atoms with Gasteiger partial charge in [-0.3, -0.25) is 0 Å². The Kier molecular flexibility index (Phi) is 3.78. The van der Waals surface area contributed by atoms with Gasteiger partial charge >= 0.3 is 0 Å². The molecule has 2 aromatic carbocycles. The van der Waals surface area contributed by atoms with E-state index in [9.17, 15) is 0 Å². The van der Waals surface area contributed by atoms with Crippen molar-refractivity contribution in [1.82, 2.24) is 0 Å². The van der Waals surface area contributed by atoms with Crippen molar-refractivity contribution in [2.75, 3.05) is 19.0 Å². The highest BCUT2D eigenvalue weighted by atomic mass is 15.2. The van der Waals surface area contributed by atoms with Crippen LogP contribution >= 0.6 is 0 Å². The molecule has 0 aliphatic heterocycles. The molecule has 0 radical (unpaired) electrons. The van der Waals surface area contributed by atoms with Crippen LogP contribution in [0.5, 0.6) is 0 Å². The summed E-state index contributed by atoms with van der Waals surface area (Å²) in [5.41, 5.74) is 2.38. The van der Waals surface area contributed by atoms with E-state index in [1.807, 2.05) is 12.1 Å². The fraction of sp³-hybridized carbons (Fsp3) is 0.188. The van der Waals surface area contributed by atoms with Crippen LogP contribution in [-0.4, -0.2) is 24.5 Å². The minimum Gasteiger partial charge on any atom is -0.234 e. The monoisotopic (exact) mass is 239 g/mol. The van der Waals surface area contributed by atoms with E-state index < -0.39 is 0 Å². The van der Waals surface area contributed by atoms with Crippen molar-refractivity contribution in [2.24, 2.45) is 0 Å². The van der Waals surface area contributed by atoms with E-state index in [4.69, 9.17) is 0 Å². The topological polar surface area (TPSA) is 6.25 Å². The Morgan fingerprint density at radius 2 is 1.39 bits per heavy atom. The zero-order chi connectivity index (χ0) is 13.0. The summed E-state index contributed by atoms with van der Waals surface area (Å²) in [7, 11) is 4.17. The number of hydrogen-bond acceptors (Lipinski definition) is 0. The summed E-state index contributed by atoms with van der Waals surface area (Å²) in [6, 6.07) is 20.8. The second-order valence-electron chi connectivity index (χ2n) is 4.34. The highest BCUT2D eigenvalue weighted by Crippen LogP contribution is 2.14. The number of nitrogens with zero attached hydrogens (tertiary/aromatic N) is 2. The average molecular weight is 239 g/mol. The maximum atomic E-state index is 2.19. The van der Waals surface area contributed by atoms with Gasteiger partial charge in [-0.15, -0.1) is 0 Å². The van der Waals surface area contributed by atoms with E-state index >= 15 is 0 Å². The van der Waals surface area contributed by atoms with Gasteiger partial charge in [-0.25, -0.2) is 9.48 Å². The van der Waals surface area contributed by atoms with Gasteiger partial charge in [0.15, 0.2) is 0 Å². The third-order valence-corrected chi connectivity index (χ3v) is 3.26. The SMILES string of the molecule is CC(N(C)c1ccccc1)=[N+](C)c1ccccc1. The van der Waals surface area contributed by atoms with Crippen molar-refractivity contribution in [1.29, 1.82) is 0 Å². The maximum Gasteiger partial charge on any atom is 0.253 e. The van der Waals surface area contributed by atoms with Crippen LogP contribution in [0.25, 0.3) is 0 Å². The van der Waals surface area contributed by atoms with E-state index in [0.717, 1.165) is 0 Å². The lowest BCUT2D eigenvalue weighted by atomic mass is 10.3. The van der Waals surface area contributed by atoms with Gasteiger partial charge in [-0.05, 0) is 24.3 Å². The van der Waals surface area contributed by atoms with Crippen molar-refractivity contribution >= 4 is 17.2 Å². The van der Waals surface area contributed by atoms with E-state index in [1.165, 1.54) is 17.2 Å². The van der Waals surface area contributed by atoms with Gasteiger partial charge in [0, 0.05) is 6.92 Å². The minimum atomic E-state index is 1.19. The molecular weight excluding hydrogens is 220 g/mol. The van der Waals surface area contributed by atoms with E-state index in [2.05, 4.69) is 79.0 Å². The molecule has 0 spiro atoms. The number of rotatable bonds is 2. The summed E-state index contributed by atoms with van der Waals surface area (Å²) >= 11 is 0. The largest absolute Gasteiger partial charge is 0.253 e. The first-order valence-corrected chi connectivity index (χ1v) is 6.11. The van der Waals surface area contributed by atoms with E-state index in [-0.39, 0.29) is 0 Å². The molecule has 0 heterocycles. The van der Waals surface area contributed by atoms with Gasteiger partial charge in [0.05, 0.1) is 14.1 Å². The Bertz CT molecular complexity index is 530. The van der Waals surface area contributed by atoms with Gasteiger partial charge in [-0.2, -0.15) is 0 Å². The van der Waals surface area contributed by atoms with Crippen LogP contribution < -0.4 is 4.90 Å². The predicted octanol–water partition coefficient (Wildman–Crippen LogP) is 3.52. The fourth-order valence-electron chi connectivity index (χ4n) is 1.90. The lowest BCUT2D eigenvalue weighted by Gasteiger charge is -2.14. The minimum absolute atomic E-state index is 1.19. The molecule has 2 nitrogen and oxygen atoms in total. The van der Waals surface area contributed by atoms with Crippen molar-refractivity contribution in [3.05, 3.63) is 60.7 Å². The summed E-state index contributed by atoms with van der Waals surface area (Å²) < 4.78 is 2.19. The second kappa shape index (κ2) is 5.50. The molecule has 0 amide bonds. The van der Waals surface area contributed by atoms with Crippen LogP contribution in [0.15, 0.2) is 60.7 Å². The van der Waals surface area contributed by atoms with Crippen molar-refractivity contribution in [2.45, 2.75) is 6.92 Å². The average Bonchev–Trinajstić information content (AvgIpc) is 2.47. The first-order chi connectivity index (χ1) is 8.70. The number of anilines is 1. The van der Waals surface area contributed by atoms with Gasteiger partial charge in [0.2, 0.25) is 0 Å². The standard InChI is InChI=1S/C16H19N2/c1-14(17(2)15-10-6-4-7-11-15)18(3)16-12-8-5-9-13-16/h4-13H,1-3H3/q+1. The van der Waals surface area contributed by atoms with E-state index in [1.54, 1.807) is 0 Å². The Balaban J connectivity index is 2.33. The summed E-state index contributed by atoms with van der Waals surface area (Å²) in [4.78, 5) is 2.19. The Hall–Kier alpha value is -2.09. The summed E-state index contributed by atoms with van der Waals surface area (Å²) in [5.74, 6) is 1.19. The van der Waals surface area contributed by atoms with Gasteiger partial charge in [0.1, 0.15) is 11.4 Å². The van der Waals surface area contributed by atoms with Crippen molar-refractivity contribution in [3.63, 3.8) is 0 Å². The molecule has 0 aromatic heterocycles. The molecule has 18 heavy (non-hydrogen) atoms. The lowest BCUT2D eigenvalue weighted by molar-refractivity contribution is -0.406. The molecule has 0 saturated heterocycles. The lowest BCUT2D eigenvalue weighted by Crippen LogP contribution is -2.29. The molecule has 2 heteroatoms. The number of para-hydroxylation sites is 2. The summed E-state index contributed by atoms with van der Waals surface area (Å²) in [6.07, 6.45) is 0. The normalized spacial score (nSPS) is 11.9. The second-order valence-corrected chi connectivity index (χ2v) is 4.34. The molecule has 2 rings (SSSR count). The van der Waals surface area contributed by atoms with Gasteiger partial charge in [-0.1, -0.05) is 36.4 Å². The van der Waals surface area contributed by atoms with Crippen LogP contribution in [0.2, 0.25) is 0 Å². The van der Waals surface area contributed by atoms with Gasteiger partial charge < -0.3 is 0 Å². The molecule has 92 valence electrons. The third-order valence-electron chi connectivity index (χ3n) is 3.26. The molecule has 2 aromatic rings. The molecule has 0 atom stereocenters. The maximum absolute atomic E-state index is 2.19. The van der Waals surface area contributed by atoms with Crippen LogP contribution in [0.3, 0.4) is 0 Å². The molecule has 0 saturated carbocycles. The van der Waals surface area contributed by atoms with Crippen LogP contribution in [0.1, 0.15) is 6.92 Å². The Morgan fingerprint density at radius 1 is 0.889 bits per heavy atom. The number of benzene rings is 2. The smallest absolute Gasteiger partial charge is 0.234 e. The number of hydrogen-bond donors (Lipinski definition) is 0. The molecule has 0 bridgehead atoms. The summed E-state index contributed by atoms with van der Waals surface area (Å²) in [5, 5.41) is 0. The van der Waals surface area contributed by atoms with Crippen LogP contribution in [0.4, 0.5) is 11.4 Å². The zero-order valence-electron chi connectivity index (χ0n) is 11.2. The summed E-state index contributed by atoms with van der Waals surface area (Å²) in [6.45, 7) is 2.12. The molecule has 0 aliphatic rings. The molecule has 0 fully saturated rings. The van der Waals surface area contributed by atoms with E-state index in [0.29, 0.717) is 0 Å². The molecule has 0 aliphatic carbocycles. The van der Waals surface area contributed by atoms with Crippen LogP contribution in [-0.2, 0) is 0 Å². The fourth-order valence-corrected chi connectivity index (χ4v) is 1.90. The molecular formula is C16H19N2+. The quantitative estimate of drug-likeness (QED) is 0.441. The number of amidine groups is 1. The highest BCUT2D eigenvalue weighted by molar-refractivity contribution is 5.92. The third kappa shape index (κ3) is 2.59. The first kappa shape index (κ1) is 12.4. The van der Waals surface area contributed by atoms with Crippen molar-refractivity contribution < 1.29 is 4.58 Å². The highest BCUT2D eigenvalue weighted by Gasteiger charge is 2.14. The van der Waals surface area contributed by atoms with Gasteiger partial charge in [0.25, 0.3) is 5.84 Å². The zero-order valence-corrected chi connectivity index (χ0v) is 11.2. The Morgan fingerprint density at radius 3 is 1.94 bits per heavy atom.